The molecule has 1 aromatic carbocycles. The van der Waals surface area contributed by atoms with E-state index in [-0.39, 0.29) is 5.91 Å². The maximum atomic E-state index is 12.9. The maximum absolute atomic E-state index is 12.9. The fraction of sp³-hybridized carbons (Fsp3) is 0.312. The highest BCUT2D eigenvalue weighted by molar-refractivity contribution is 7.12. The smallest absolute Gasteiger partial charge is 0.272 e. The topological polar surface area (TPSA) is 51.0 Å². The van der Waals surface area contributed by atoms with E-state index in [2.05, 4.69) is 20.6 Å². The van der Waals surface area contributed by atoms with E-state index in [1.165, 1.54) is 11.3 Å². The summed E-state index contributed by atoms with van der Waals surface area (Å²) in [6.07, 6.45) is 2.31. The molecule has 6 heteroatoms. The summed E-state index contributed by atoms with van der Waals surface area (Å²) in [5.41, 5.74) is 4.82. The molecular formula is C16H14N4OS. The number of carbonyl (C=O) groups is 1. The van der Waals surface area contributed by atoms with E-state index < -0.39 is 0 Å². The Balaban J connectivity index is 1.57. The second kappa shape index (κ2) is 4.39. The minimum absolute atomic E-state index is 0.0541. The van der Waals surface area contributed by atoms with Crippen molar-refractivity contribution in [1.82, 2.24) is 14.5 Å². The Kier molecular flexibility index (Phi) is 2.47. The molecule has 0 bridgehead atoms. The molecule has 0 unspecified atom stereocenters. The minimum Gasteiger partial charge on any atom is -0.308 e. The lowest BCUT2D eigenvalue weighted by Crippen LogP contribution is -2.29. The van der Waals surface area contributed by atoms with Gasteiger partial charge in [-0.15, -0.1) is 11.3 Å². The van der Waals surface area contributed by atoms with Crippen LogP contribution in [-0.4, -0.2) is 27.0 Å². The summed E-state index contributed by atoms with van der Waals surface area (Å²) in [6.45, 7) is 1.49. The molecule has 1 aliphatic carbocycles. The van der Waals surface area contributed by atoms with Gasteiger partial charge < -0.3 is 4.57 Å². The van der Waals surface area contributed by atoms with Gasteiger partial charge >= 0.3 is 0 Å². The average molecular weight is 310 g/mol. The van der Waals surface area contributed by atoms with Crippen molar-refractivity contribution in [2.45, 2.75) is 25.3 Å². The van der Waals surface area contributed by atoms with Gasteiger partial charge in [-0.05, 0) is 25.0 Å². The van der Waals surface area contributed by atoms with E-state index in [1.807, 2.05) is 18.2 Å². The number of para-hydroxylation sites is 2. The van der Waals surface area contributed by atoms with E-state index in [1.54, 1.807) is 10.4 Å². The zero-order valence-corrected chi connectivity index (χ0v) is 12.7. The Bertz CT molecular complexity index is 893. The first-order valence-electron chi connectivity index (χ1n) is 7.53. The van der Waals surface area contributed by atoms with Crippen LogP contribution in [0.1, 0.15) is 34.1 Å². The number of hydrogen-bond donors (Lipinski definition) is 0. The third kappa shape index (κ3) is 1.67. The van der Waals surface area contributed by atoms with Crippen LogP contribution in [0.2, 0.25) is 0 Å². The second-order valence-electron chi connectivity index (χ2n) is 5.85. The Labute approximate surface area is 131 Å². The van der Waals surface area contributed by atoms with E-state index in [9.17, 15) is 4.79 Å². The summed E-state index contributed by atoms with van der Waals surface area (Å²) in [5, 5.41) is 0. The molecule has 1 saturated carbocycles. The van der Waals surface area contributed by atoms with Gasteiger partial charge in [0.1, 0.15) is 4.88 Å². The normalized spacial score (nSPS) is 17.2. The van der Waals surface area contributed by atoms with Gasteiger partial charge in [-0.3, -0.25) is 9.69 Å². The number of hydrogen-bond acceptors (Lipinski definition) is 4. The summed E-state index contributed by atoms with van der Waals surface area (Å²) in [4.78, 5) is 24.6. The number of amides is 1. The maximum Gasteiger partial charge on any atom is 0.272 e. The molecule has 22 heavy (non-hydrogen) atoms. The molecule has 5 rings (SSSR count). The summed E-state index contributed by atoms with van der Waals surface area (Å²) < 4.78 is 2.13. The van der Waals surface area contributed by atoms with E-state index in [4.69, 9.17) is 0 Å². The molecule has 0 radical (unpaired) electrons. The number of rotatable bonds is 2. The van der Waals surface area contributed by atoms with Gasteiger partial charge in [-0.1, -0.05) is 12.1 Å². The predicted molar refractivity (Wildman–Crippen MR) is 85.5 cm³/mol. The fourth-order valence-corrected chi connectivity index (χ4v) is 3.99. The van der Waals surface area contributed by atoms with Gasteiger partial charge in [-0.2, -0.15) is 0 Å². The molecule has 0 spiro atoms. The van der Waals surface area contributed by atoms with Crippen LogP contribution < -0.4 is 4.90 Å². The Morgan fingerprint density at radius 3 is 2.95 bits per heavy atom. The molecule has 5 nitrogen and oxygen atoms in total. The molecule has 3 aromatic rings. The van der Waals surface area contributed by atoms with Gasteiger partial charge in [0.2, 0.25) is 5.95 Å². The lowest BCUT2D eigenvalue weighted by atomic mass is 10.2. The van der Waals surface area contributed by atoms with Crippen molar-refractivity contribution in [3.8, 4) is 0 Å². The van der Waals surface area contributed by atoms with Gasteiger partial charge in [0.05, 0.1) is 22.2 Å². The largest absolute Gasteiger partial charge is 0.308 e. The van der Waals surface area contributed by atoms with Crippen LogP contribution in [0.3, 0.4) is 0 Å². The van der Waals surface area contributed by atoms with Crippen molar-refractivity contribution in [3.63, 3.8) is 0 Å². The summed E-state index contributed by atoms with van der Waals surface area (Å²) in [7, 11) is 0. The summed E-state index contributed by atoms with van der Waals surface area (Å²) >= 11 is 1.46. The number of fused-ring (bicyclic) bond motifs is 3. The van der Waals surface area contributed by atoms with Gasteiger partial charge in [0.25, 0.3) is 5.91 Å². The number of imidazole rings is 1. The zero-order valence-electron chi connectivity index (χ0n) is 11.9. The molecule has 0 N–H and O–H groups in total. The number of thiazole rings is 1. The molecule has 110 valence electrons. The highest BCUT2D eigenvalue weighted by Gasteiger charge is 2.35. The third-order valence-electron chi connectivity index (χ3n) is 4.42. The number of benzene rings is 1. The number of anilines is 1. The fourth-order valence-electron chi connectivity index (χ4n) is 3.17. The molecular weight excluding hydrogens is 296 g/mol. The molecule has 3 heterocycles. The molecule has 0 saturated heterocycles. The van der Waals surface area contributed by atoms with Gasteiger partial charge in [0.15, 0.2) is 0 Å². The summed E-state index contributed by atoms with van der Waals surface area (Å²) in [6, 6.07) is 8.04. The van der Waals surface area contributed by atoms with Crippen molar-refractivity contribution >= 4 is 34.2 Å². The van der Waals surface area contributed by atoms with Gasteiger partial charge in [0, 0.05) is 19.0 Å². The molecule has 1 aliphatic heterocycles. The van der Waals surface area contributed by atoms with Crippen LogP contribution in [0.4, 0.5) is 5.95 Å². The van der Waals surface area contributed by atoms with E-state index >= 15 is 0 Å². The van der Waals surface area contributed by atoms with Crippen LogP contribution in [0.15, 0.2) is 29.8 Å². The van der Waals surface area contributed by atoms with Crippen LogP contribution >= 0.6 is 11.3 Å². The Morgan fingerprint density at radius 1 is 1.23 bits per heavy atom. The monoisotopic (exact) mass is 310 g/mol. The van der Waals surface area contributed by atoms with E-state index in [0.717, 1.165) is 46.9 Å². The number of nitrogens with zero attached hydrogens (tertiary/aromatic N) is 4. The molecule has 0 atom stereocenters. The van der Waals surface area contributed by atoms with Crippen molar-refractivity contribution < 1.29 is 4.79 Å². The Morgan fingerprint density at radius 2 is 2.09 bits per heavy atom. The van der Waals surface area contributed by atoms with E-state index in [0.29, 0.717) is 12.5 Å². The quantitative estimate of drug-likeness (QED) is 0.731. The summed E-state index contributed by atoms with van der Waals surface area (Å²) in [5.74, 6) is 1.31. The van der Waals surface area contributed by atoms with Crippen LogP contribution in [0.5, 0.6) is 0 Å². The molecule has 1 amide bonds. The number of carbonyl (C=O) groups excluding carboxylic acids is 1. The Hall–Kier alpha value is -2.21. The van der Waals surface area contributed by atoms with Crippen molar-refractivity contribution in [2.24, 2.45) is 0 Å². The van der Waals surface area contributed by atoms with Crippen molar-refractivity contribution in [2.75, 3.05) is 11.4 Å². The highest BCUT2D eigenvalue weighted by Crippen LogP contribution is 2.42. The van der Waals surface area contributed by atoms with Gasteiger partial charge in [-0.25, -0.2) is 9.97 Å². The van der Waals surface area contributed by atoms with Crippen molar-refractivity contribution in [1.29, 1.82) is 0 Å². The lowest BCUT2D eigenvalue weighted by Gasteiger charge is -2.13. The standard InChI is InChI=1S/C16H14N4OS/c21-15(14-13(10-5-6-10)17-9-22-14)20-8-7-19-12-4-2-1-3-11(12)18-16(19)20/h1-4,9-10H,5-8H2. The zero-order chi connectivity index (χ0) is 14.7. The highest BCUT2D eigenvalue weighted by atomic mass is 32.1. The minimum atomic E-state index is 0.0541. The van der Waals surface area contributed by atoms with Crippen molar-refractivity contribution in [3.05, 3.63) is 40.3 Å². The molecule has 2 aromatic heterocycles. The van der Waals surface area contributed by atoms with Crippen LogP contribution in [0.25, 0.3) is 11.0 Å². The second-order valence-corrected chi connectivity index (χ2v) is 6.70. The first kappa shape index (κ1) is 12.3. The van der Waals surface area contributed by atoms with Crippen LogP contribution in [0, 0.1) is 0 Å². The first-order chi connectivity index (χ1) is 10.8. The predicted octanol–water partition coefficient (Wildman–Crippen LogP) is 3.03. The molecule has 2 aliphatic rings. The third-order valence-corrected chi connectivity index (χ3v) is 5.25. The molecule has 1 fully saturated rings. The lowest BCUT2D eigenvalue weighted by molar-refractivity contribution is 0.0991. The van der Waals surface area contributed by atoms with Crippen LogP contribution in [-0.2, 0) is 6.54 Å². The average Bonchev–Trinajstić information content (AvgIpc) is 2.99. The number of aromatic nitrogens is 3. The SMILES string of the molecule is O=C(c1scnc1C1CC1)N1CCn2c1nc1ccccc12. The first-order valence-corrected chi connectivity index (χ1v) is 8.41.